The van der Waals surface area contributed by atoms with Gasteiger partial charge in [-0.3, -0.25) is 9.59 Å². The number of hydrogen-bond donors (Lipinski definition) is 1. The van der Waals surface area contributed by atoms with E-state index in [0.29, 0.717) is 38.2 Å². The molecule has 0 aliphatic carbocycles. The average Bonchev–Trinajstić information content (AvgIpc) is 3.26. The molecule has 5 rings (SSSR count). The number of fused-ring (bicyclic) bond motifs is 1. The number of ether oxygens (including phenoxy) is 1. The van der Waals surface area contributed by atoms with Crippen LogP contribution in [0.4, 0.5) is 0 Å². The van der Waals surface area contributed by atoms with E-state index in [0.717, 1.165) is 17.5 Å². The molecule has 2 aromatic rings. The summed E-state index contributed by atoms with van der Waals surface area (Å²) in [5.74, 6) is 0.0835. The summed E-state index contributed by atoms with van der Waals surface area (Å²) in [6.45, 7) is 4.03. The summed E-state index contributed by atoms with van der Waals surface area (Å²) < 4.78 is 6.45. The quantitative estimate of drug-likeness (QED) is 0.786. The number of likely N-dealkylation sites (tertiary alicyclic amines) is 2. The van der Waals surface area contributed by atoms with Crippen molar-refractivity contribution in [2.45, 2.75) is 31.5 Å². The zero-order valence-corrected chi connectivity index (χ0v) is 18.4. The number of carbonyl (C=O) groups excluding carboxylic acids is 2. The molecule has 168 valence electrons. The Labute approximate surface area is 188 Å². The van der Waals surface area contributed by atoms with Crippen LogP contribution in [0.1, 0.15) is 30.1 Å². The van der Waals surface area contributed by atoms with E-state index in [-0.39, 0.29) is 36.4 Å². The van der Waals surface area contributed by atoms with Gasteiger partial charge in [0.2, 0.25) is 5.91 Å². The molecule has 0 radical (unpaired) electrons. The summed E-state index contributed by atoms with van der Waals surface area (Å²) in [6, 6.07) is 17.6. The Morgan fingerprint density at radius 1 is 1.03 bits per heavy atom. The van der Waals surface area contributed by atoms with Gasteiger partial charge in [0, 0.05) is 43.5 Å². The highest BCUT2D eigenvalue weighted by Crippen LogP contribution is 2.49. The minimum atomic E-state index is -0.586. The summed E-state index contributed by atoms with van der Waals surface area (Å²) in [7, 11) is 0. The maximum absolute atomic E-state index is 13.7. The number of aliphatic hydroxyl groups is 1. The predicted molar refractivity (Wildman–Crippen MR) is 121 cm³/mol. The van der Waals surface area contributed by atoms with Gasteiger partial charge in [-0.1, -0.05) is 55.5 Å². The summed E-state index contributed by atoms with van der Waals surface area (Å²) in [6.07, 6.45) is 1.17. The molecule has 1 N–H and O–H groups in total. The van der Waals surface area contributed by atoms with Crippen molar-refractivity contribution < 1.29 is 19.4 Å². The van der Waals surface area contributed by atoms with Gasteiger partial charge >= 0.3 is 0 Å². The maximum atomic E-state index is 13.7. The monoisotopic (exact) mass is 434 g/mol. The van der Waals surface area contributed by atoms with E-state index in [1.54, 1.807) is 0 Å². The van der Waals surface area contributed by atoms with Gasteiger partial charge in [-0.2, -0.15) is 0 Å². The SMILES string of the molecule is CCCC(=O)N1C[C@H]2O[C@]3(C1)CN(C(=O)c1ccccc1-c1ccccc1)C[C@@H]3[C@@H]2CO. The van der Waals surface area contributed by atoms with Gasteiger partial charge in [0.25, 0.3) is 5.91 Å². The second kappa shape index (κ2) is 8.34. The molecule has 0 unspecified atom stereocenters. The van der Waals surface area contributed by atoms with Gasteiger partial charge in [-0.25, -0.2) is 0 Å². The zero-order valence-electron chi connectivity index (χ0n) is 18.4. The van der Waals surface area contributed by atoms with Crippen LogP contribution in [0.25, 0.3) is 11.1 Å². The average molecular weight is 435 g/mol. The Hall–Kier alpha value is -2.70. The molecule has 0 aromatic heterocycles. The first-order valence-electron chi connectivity index (χ1n) is 11.6. The Morgan fingerprint density at radius 3 is 2.50 bits per heavy atom. The number of benzene rings is 2. The number of morpholine rings is 1. The van der Waals surface area contributed by atoms with Crippen molar-refractivity contribution >= 4 is 11.8 Å². The molecular formula is C26H30N2O4. The lowest BCUT2D eigenvalue weighted by Crippen LogP contribution is -2.56. The lowest BCUT2D eigenvalue weighted by atomic mass is 9.83. The van der Waals surface area contributed by atoms with Crippen LogP contribution in [0, 0.1) is 11.8 Å². The molecule has 6 heteroatoms. The molecule has 32 heavy (non-hydrogen) atoms. The van der Waals surface area contributed by atoms with E-state index < -0.39 is 5.60 Å². The fourth-order valence-electron chi connectivity index (χ4n) is 5.86. The standard InChI is InChI=1S/C26H30N2O4/c1-2-8-24(30)27-14-23-21(15-29)22-13-28(17-26(22,16-27)32-23)25(31)20-12-7-6-11-19(20)18-9-4-3-5-10-18/h3-7,9-12,21-23,29H,2,8,13-17H2,1H3/t21-,22+,23+,26+/m0/s1. The van der Waals surface area contributed by atoms with Crippen LogP contribution < -0.4 is 0 Å². The molecule has 2 aromatic carbocycles. The van der Waals surface area contributed by atoms with E-state index in [1.807, 2.05) is 71.3 Å². The summed E-state index contributed by atoms with van der Waals surface area (Å²) in [5.41, 5.74) is 2.00. The second-order valence-electron chi connectivity index (χ2n) is 9.30. The lowest BCUT2D eigenvalue weighted by molar-refractivity contribution is -0.153. The minimum Gasteiger partial charge on any atom is -0.396 e. The minimum absolute atomic E-state index is 0.00945. The number of rotatable bonds is 5. The summed E-state index contributed by atoms with van der Waals surface area (Å²) >= 11 is 0. The molecule has 3 aliphatic rings. The highest BCUT2D eigenvalue weighted by molar-refractivity contribution is 6.01. The fraction of sp³-hybridized carbons (Fsp3) is 0.462. The van der Waals surface area contributed by atoms with E-state index >= 15 is 0 Å². The molecule has 3 aliphatic heterocycles. The number of nitrogens with zero attached hydrogens (tertiary/aromatic N) is 2. The van der Waals surface area contributed by atoms with Gasteiger partial charge in [-0.05, 0) is 23.6 Å². The maximum Gasteiger partial charge on any atom is 0.254 e. The summed E-state index contributed by atoms with van der Waals surface area (Å²) in [4.78, 5) is 30.1. The van der Waals surface area contributed by atoms with Crippen molar-refractivity contribution in [3.63, 3.8) is 0 Å². The summed E-state index contributed by atoms with van der Waals surface area (Å²) in [5, 5.41) is 10.1. The third kappa shape index (κ3) is 3.42. The van der Waals surface area contributed by atoms with Crippen LogP contribution >= 0.6 is 0 Å². The predicted octanol–water partition coefficient (Wildman–Crippen LogP) is 2.81. The molecule has 3 fully saturated rings. The van der Waals surface area contributed by atoms with Gasteiger partial charge in [0.15, 0.2) is 0 Å². The van der Waals surface area contributed by atoms with E-state index in [4.69, 9.17) is 4.74 Å². The third-order valence-electron chi connectivity index (χ3n) is 7.35. The molecular weight excluding hydrogens is 404 g/mol. The molecule has 3 heterocycles. The van der Waals surface area contributed by atoms with Gasteiger partial charge in [0.05, 0.1) is 19.2 Å². The Bertz CT molecular complexity index is 1010. The van der Waals surface area contributed by atoms with E-state index in [9.17, 15) is 14.7 Å². The van der Waals surface area contributed by atoms with Gasteiger partial charge in [-0.15, -0.1) is 0 Å². The van der Waals surface area contributed by atoms with Crippen LogP contribution in [0.5, 0.6) is 0 Å². The zero-order chi connectivity index (χ0) is 22.3. The smallest absolute Gasteiger partial charge is 0.254 e. The van der Waals surface area contributed by atoms with Crippen LogP contribution in [0.15, 0.2) is 54.6 Å². The van der Waals surface area contributed by atoms with Crippen LogP contribution in [0.3, 0.4) is 0 Å². The van der Waals surface area contributed by atoms with Gasteiger partial charge < -0.3 is 19.6 Å². The van der Waals surface area contributed by atoms with Crippen molar-refractivity contribution in [2.24, 2.45) is 11.8 Å². The molecule has 2 bridgehead atoms. The normalized spacial score (nSPS) is 28.6. The van der Waals surface area contributed by atoms with Crippen molar-refractivity contribution in [2.75, 3.05) is 32.8 Å². The van der Waals surface area contributed by atoms with Crippen molar-refractivity contribution in [3.05, 3.63) is 60.2 Å². The van der Waals surface area contributed by atoms with Gasteiger partial charge in [0.1, 0.15) is 5.60 Å². The van der Waals surface area contributed by atoms with Crippen molar-refractivity contribution in [1.82, 2.24) is 9.80 Å². The first-order chi connectivity index (χ1) is 15.6. The number of hydrogen-bond acceptors (Lipinski definition) is 4. The largest absolute Gasteiger partial charge is 0.396 e. The number of amides is 2. The first-order valence-corrected chi connectivity index (χ1v) is 11.6. The van der Waals surface area contributed by atoms with E-state index in [2.05, 4.69) is 0 Å². The third-order valence-corrected chi connectivity index (χ3v) is 7.35. The Morgan fingerprint density at radius 2 is 1.75 bits per heavy atom. The second-order valence-corrected chi connectivity index (χ2v) is 9.30. The highest BCUT2D eigenvalue weighted by atomic mass is 16.5. The topological polar surface area (TPSA) is 70.1 Å². The van der Waals surface area contributed by atoms with E-state index in [1.165, 1.54) is 0 Å². The molecule has 4 atom stereocenters. The van der Waals surface area contributed by atoms with Crippen molar-refractivity contribution in [1.29, 1.82) is 0 Å². The Kier molecular flexibility index (Phi) is 5.51. The molecule has 6 nitrogen and oxygen atoms in total. The number of aliphatic hydroxyl groups excluding tert-OH is 1. The van der Waals surface area contributed by atoms with Crippen molar-refractivity contribution in [3.8, 4) is 11.1 Å². The Balaban J connectivity index is 1.43. The van der Waals surface area contributed by atoms with Crippen LogP contribution in [0.2, 0.25) is 0 Å². The van der Waals surface area contributed by atoms with Crippen LogP contribution in [-0.2, 0) is 9.53 Å². The number of carbonyl (C=O) groups is 2. The van der Waals surface area contributed by atoms with Crippen LogP contribution in [-0.4, -0.2) is 71.2 Å². The highest BCUT2D eigenvalue weighted by Gasteiger charge is 2.63. The molecule has 3 saturated heterocycles. The first kappa shape index (κ1) is 21.2. The molecule has 1 spiro atoms. The lowest BCUT2D eigenvalue weighted by Gasteiger charge is -2.40. The molecule has 2 amide bonds. The molecule has 0 saturated carbocycles. The fourth-order valence-corrected chi connectivity index (χ4v) is 5.86.